The molecule has 35 heavy (non-hydrogen) atoms. The van der Waals surface area contributed by atoms with Gasteiger partial charge in [0, 0.05) is 28.9 Å². The summed E-state index contributed by atoms with van der Waals surface area (Å²) in [7, 11) is -3.13. The van der Waals surface area contributed by atoms with Gasteiger partial charge < -0.3 is 0 Å². The van der Waals surface area contributed by atoms with Crippen molar-refractivity contribution in [3.63, 3.8) is 0 Å². The molecule has 1 nitrogen and oxygen atoms in total. The summed E-state index contributed by atoms with van der Waals surface area (Å²) >= 11 is 0. The predicted molar refractivity (Wildman–Crippen MR) is 118 cm³/mol. The van der Waals surface area contributed by atoms with Crippen molar-refractivity contribution >= 4 is 23.0 Å². The van der Waals surface area contributed by atoms with Gasteiger partial charge in [-0.1, -0.05) is 91.0 Å². The normalized spacial score (nSPS) is 13.5. The van der Waals surface area contributed by atoms with E-state index >= 15 is 0 Å². The van der Waals surface area contributed by atoms with Crippen LogP contribution in [0.15, 0.2) is 95.7 Å². The van der Waals surface area contributed by atoms with Crippen molar-refractivity contribution in [2.75, 3.05) is 6.54 Å². The van der Waals surface area contributed by atoms with E-state index in [1.807, 2.05) is 0 Å². The fourth-order valence-electron chi connectivity index (χ4n) is 3.53. The topological polar surface area (TPSA) is 12.4 Å². The van der Waals surface area contributed by atoms with Crippen LogP contribution in [0.1, 0.15) is 6.42 Å². The van der Waals surface area contributed by atoms with Gasteiger partial charge in [-0.05, 0) is 0 Å². The van der Waals surface area contributed by atoms with Crippen LogP contribution in [-0.4, -0.2) is 30.5 Å². The second kappa shape index (κ2) is 9.72. The summed E-state index contributed by atoms with van der Waals surface area (Å²) in [6.45, 7) is -1.09. The summed E-state index contributed by atoms with van der Waals surface area (Å²) in [5.74, 6) is -19.3. The molecule has 3 aromatic carbocycles. The number of hydrogen-bond acceptors (Lipinski definition) is 1. The maximum absolute atomic E-state index is 14.2. The maximum atomic E-state index is 14.2. The Kier molecular flexibility index (Phi) is 7.46. The van der Waals surface area contributed by atoms with Gasteiger partial charge in [-0.3, -0.25) is 4.74 Å². The monoisotopic (exact) mass is 523 g/mol. The van der Waals surface area contributed by atoms with Gasteiger partial charge in [-0.25, -0.2) is 0 Å². The lowest BCUT2D eigenvalue weighted by atomic mass is 10.0. The summed E-state index contributed by atoms with van der Waals surface area (Å²) < 4.78 is 124. The van der Waals surface area contributed by atoms with Crippen molar-refractivity contribution in [3.8, 4) is 0 Å². The Balaban J connectivity index is 2.14. The molecule has 0 saturated heterocycles. The molecule has 3 aromatic rings. The number of rotatable bonds is 8. The number of halogens is 9. The summed E-state index contributed by atoms with van der Waals surface area (Å²) in [4.78, 5) is 0. The van der Waals surface area contributed by atoms with Gasteiger partial charge in [-0.2, -0.15) is 39.5 Å². The lowest BCUT2D eigenvalue weighted by molar-refractivity contribution is -0.396. The highest BCUT2D eigenvalue weighted by Gasteiger charge is 2.81. The van der Waals surface area contributed by atoms with Crippen LogP contribution in [0.2, 0.25) is 0 Å². The zero-order valence-electron chi connectivity index (χ0n) is 17.9. The molecule has 0 bridgehead atoms. The number of benzene rings is 3. The van der Waals surface area contributed by atoms with Crippen molar-refractivity contribution in [2.24, 2.45) is 4.74 Å². The molecule has 0 aliphatic rings. The first-order chi connectivity index (χ1) is 16.3. The van der Waals surface area contributed by atoms with Crippen LogP contribution in [0, 0.1) is 0 Å². The third-order valence-corrected chi connectivity index (χ3v) is 9.10. The highest BCUT2D eigenvalue weighted by atomic mass is 31.2. The van der Waals surface area contributed by atoms with Gasteiger partial charge in [0.25, 0.3) is 0 Å². The predicted octanol–water partition coefficient (Wildman–Crippen LogP) is 7.02. The molecule has 0 atom stereocenters. The van der Waals surface area contributed by atoms with Crippen LogP contribution in [-0.2, 0) is 0 Å². The van der Waals surface area contributed by atoms with E-state index in [9.17, 15) is 39.5 Å². The highest BCUT2D eigenvalue weighted by molar-refractivity contribution is 7.87. The molecule has 0 unspecified atom stereocenters. The largest absolute Gasteiger partial charge is 0.460 e. The van der Waals surface area contributed by atoms with Gasteiger partial charge in [0.2, 0.25) is 0 Å². The number of nitrogens with zero attached hydrogens (tertiary/aromatic N) is 1. The molecule has 0 radical (unpaired) electrons. The van der Waals surface area contributed by atoms with Crippen molar-refractivity contribution < 1.29 is 39.5 Å². The average Bonchev–Trinajstić information content (AvgIpc) is 2.82. The van der Waals surface area contributed by atoms with Crippen molar-refractivity contribution in [1.29, 1.82) is 0 Å². The molecule has 0 aliphatic heterocycles. The van der Waals surface area contributed by atoms with Crippen LogP contribution in [0.25, 0.3) is 0 Å². The van der Waals surface area contributed by atoms with E-state index in [1.165, 1.54) is 0 Å². The highest BCUT2D eigenvalue weighted by Crippen LogP contribution is 2.54. The summed E-state index contributed by atoms with van der Waals surface area (Å²) in [6.07, 6.45) is -8.87. The Hall–Kier alpha value is -2.74. The van der Waals surface area contributed by atoms with Crippen LogP contribution in [0.4, 0.5) is 39.5 Å². The summed E-state index contributed by atoms with van der Waals surface area (Å²) in [5, 5.41) is 1.69. The minimum atomic E-state index is -6.92. The summed E-state index contributed by atoms with van der Waals surface area (Å²) in [5.41, 5.74) is 0. The van der Waals surface area contributed by atoms with E-state index in [-0.39, 0.29) is 0 Å². The van der Waals surface area contributed by atoms with Crippen molar-refractivity contribution in [2.45, 2.75) is 30.4 Å². The molecular weight excluding hydrogens is 504 g/mol. The van der Waals surface area contributed by atoms with Crippen LogP contribution < -0.4 is 15.9 Å². The molecule has 0 fully saturated rings. The molecule has 0 spiro atoms. The van der Waals surface area contributed by atoms with Gasteiger partial charge in [0.15, 0.2) is 0 Å². The Morgan fingerprint density at radius 3 is 1.17 bits per heavy atom. The van der Waals surface area contributed by atoms with Crippen LogP contribution in [0.5, 0.6) is 0 Å². The fraction of sp³-hybridized carbons (Fsp3) is 0.250. The smallest absolute Gasteiger partial charge is 0.289 e. The number of hydrogen-bond donors (Lipinski definition) is 0. The molecule has 0 N–H and O–H groups in total. The first-order valence-electron chi connectivity index (χ1n) is 10.2. The third kappa shape index (κ3) is 4.85. The minimum Gasteiger partial charge on any atom is -0.289 e. The van der Waals surface area contributed by atoms with Crippen LogP contribution in [0.3, 0.4) is 0 Å². The van der Waals surface area contributed by atoms with Crippen molar-refractivity contribution in [1.82, 2.24) is 0 Å². The maximum Gasteiger partial charge on any atom is 0.460 e. The van der Waals surface area contributed by atoms with E-state index in [0.717, 1.165) is 0 Å². The second-order valence-electron chi connectivity index (χ2n) is 7.61. The summed E-state index contributed by atoms with van der Waals surface area (Å²) in [6, 6.07) is 25.1. The molecule has 0 aliphatic carbocycles. The van der Waals surface area contributed by atoms with Gasteiger partial charge in [0.05, 0.1) is 7.05 Å². The molecule has 3 rings (SSSR count). The molecule has 0 amide bonds. The van der Waals surface area contributed by atoms with Gasteiger partial charge in [0.1, 0.15) is 0 Å². The molecule has 11 heteroatoms. The Labute approximate surface area is 195 Å². The lowest BCUT2D eigenvalue weighted by Crippen LogP contribution is -2.61. The SMILES string of the molecule is FC(F)(F)C(F)(F)C(F)(F)C(F)(F)CCN=P(c1ccccc1)(c1ccccc1)c1ccccc1. The first-order valence-corrected chi connectivity index (χ1v) is 12.0. The first kappa shape index (κ1) is 26.9. The number of alkyl halides is 9. The molecule has 0 heterocycles. The lowest BCUT2D eigenvalue weighted by Gasteiger charge is -2.34. The van der Waals surface area contributed by atoms with E-state index in [4.69, 9.17) is 0 Å². The zero-order chi connectivity index (χ0) is 26.0. The minimum absolute atomic E-state index is 0.563. The standard InChI is InChI=1S/C24H19F9NP/c25-21(26,22(27,28)23(29,30)24(31,32)33)16-17-34-35(18-10-4-1-5-11-18,19-12-6-2-7-13-19)20-14-8-3-9-15-20/h1-15H,16-17H2. The third-order valence-electron chi connectivity index (χ3n) is 5.34. The van der Waals surface area contributed by atoms with Gasteiger partial charge >= 0.3 is 23.9 Å². The Morgan fingerprint density at radius 1 is 0.514 bits per heavy atom. The molecular formula is C24H19F9NP. The van der Waals surface area contributed by atoms with E-state index in [2.05, 4.69) is 4.74 Å². The fourth-order valence-corrected chi connectivity index (χ4v) is 7.12. The molecule has 0 aromatic heterocycles. The second-order valence-corrected chi connectivity index (χ2v) is 10.7. The van der Waals surface area contributed by atoms with Crippen molar-refractivity contribution in [3.05, 3.63) is 91.0 Å². The van der Waals surface area contributed by atoms with E-state index in [1.54, 1.807) is 91.0 Å². The Bertz CT molecular complexity index is 1060. The quantitative estimate of drug-likeness (QED) is 0.222. The average molecular weight is 523 g/mol. The Morgan fingerprint density at radius 2 is 0.857 bits per heavy atom. The van der Waals surface area contributed by atoms with Crippen LogP contribution >= 0.6 is 7.05 Å². The zero-order valence-corrected chi connectivity index (χ0v) is 18.8. The molecule has 0 saturated carbocycles. The van der Waals surface area contributed by atoms with E-state index in [0.29, 0.717) is 15.9 Å². The molecule has 188 valence electrons. The van der Waals surface area contributed by atoms with Gasteiger partial charge in [-0.15, -0.1) is 0 Å². The van der Waals surface area contributed by atoms with E-state index < -0.39 is 44.0 Å².